The molecule has 3 aromatic carbocycles. The number of halogens is 2. The Labute approximate surface area is 244 Å². The monoisotopic (exact) mass is 585 g/mol. The molecular weight excluding hydrogens is 549 g/mol. The van der Waals surface area contributed by atoms with Gasteiger partial charge in [-0.2, -0.15) is 0 Å². The molecule has 0 aromatic heterocycles. The first-order chi connectivity index (χ1) is 16.7. The van der Waals surface area contributed by atoms with E-state index in [1.54, 1.807) is 24.1 Å². The molecule has 1 radical (unpaired) electrons. The molecular formula is C30H36F2NO3Y-. The second-order valence-corrected chi connectivity index (χ2v) is 8.94. The Kier molecular flexibility index (Phi) is 14.2. The molecule has 1 atom stereocenters. The number of aryl methyl sites for hydroxylation is 1. The van der Waals surface area contributed by atoms with Crippen molar-refractivity contribution in [1.82, 2.24) is 4.90 Å². The van der Waals surface area contributed by atoms with Gasteiger partial charge in [-0.15, -0.1) is 0 Å². The Morgan fingerprint density at radius 2 is 1.62 bits per heavy atom. The van der Waals surface area contributed by atoms with Crippen LogP contribution in [-0.4, -0.2) is 36.1 Å². The molecule has 1 aliphatic rings. The Balaban J connectivity index is 0.000000392. The number of alkyl halides is 2. The summed E-state index contributed by atoms with van der Waals surface area (Å²) in [5, 5.41) is 8.83. The number of fused-ring (bicyclic) bond motifs is 1. The number of likely N-dealkylation sites (N-methyl/N-ethyl adjacent to an activating group) is 1. The number of para-hydroxylation sites is 1. The van der Waals surface area contributed by atoms with Crippen molar-refractivity contribution in [3.8, 4) is 5.75 Å². The average molecular weight is 586 g/mol. The Bertz CT molecular complexity index is 1080. The third-order valence-electron chi connectivity index (χ3n) is 5.99. The number of carbonyl (C=O) groups is 1. The van der Waals surface area contributed by atoms with Crippen LogP contribution in [-0.2, 0) is 56.3 Å². The first kappa shape index (κ1) is 32.9. The molecule has 37 heavy (non-hydrogen) atoms. The van der Waals surface area contributed by atoms with Crippen LogP contribution in [0, 0.1) is 7.43 Å². The fourth-order valence-corrected chi connectivity index (χ4v) is 4.30. The summed E-state index contributed by atoms with van der Waals surface area (Å²) in [6, 6.07) is 24.9. The molecule has 0 aliphatic heterocycles. The van der Waals surface area contributed by atoms with Crippen molar-refractivity contribution < 1.29 is 56.1 Å². The number of hydrogen-bond acceptors (Lipinski definition) is 3. The normalized spacial score (nSPS) is 12.8. The fraction of sp³-hybridized carbons (Fsp3) is 0.333. The molecule has 197 valence electrons. The van der Waals surface area contributed by atoms with Crippen LogP contribution < -0.4 is 4.74 Å². The molecule has 1 N–H and O–H groups in total. The molecule has 4 rings (SSSR count). The molecule has 1 aliphatic carbocycles. The van der Waals surface area contributed by atoms with E-state index in [2.05, 4.69) is 0 Å². The maximum atomic E-state index is 13.1. The van der Waals surface area contributed by atoms with Crippen LogP contribution in [0.15, 0.2) is 78.9 Å². The van der Waals surface area contributed by atoms with Crippen LogP contribution in [0.5, 0.6) is 5.75 Å². The summed E-state index contributed by atoms with van der Waals surface area (Å²) in [6.07, 6.45) is 3.42. The van der Waals surface area contributed by atoms with E-state index in [0.29, 0.717) is 6.54 Å². The van der Waals surface area contributed by atoms with Crippen molar-refractivity contribution in [3.63, 3.8) is 0 Å². The van der Waals surface area contributed by atoms with Gasteiger partial charge in [-0.05, 0) is 55.1 Å². The summed E-state index contributed by atoms with van der Waals surface area (Å²) < 4.78 is 32.3. The van der Waals surface area contributed by atoms with Crippen LogP contribution in [0.25, 0.3) is 0 Å². The second-order valence-electron chi connectivity index (χ2n) is 8.94. The van der Waals surface area contributed by atoms with Gasteiger partial charge in [0.25, 0.3) is 5.92 Å². The molecule has 0 amide bonds. The molecule has 1 unspecified atom stereocenters. The Morgan fingerprint density at radius 1 is 1.00 bits per heavy atom. The fourth-order valence-electron chi connectivity index (χ4n) is 4.30. The topological polar surface area (TPSA) is 49.8 Å². The number of carboxylic acid groups (broad SMARTS) is 1. The van der Waals surface area contributed by atoms with Crippen molar-refractivity contribution in [2.45, 2.75) is 44.6 Å². The van der Waals surface area contributed by atoms with Crippen molar-refractivity contribution in [1.29, 1.82) is 0 Å². The van der Waals surface area contributed by atoms with Gasteiger partial charge in [0.05, 0.1) is 6.54 Å². The van der Waals surface area contributed by atoms with E-state index >= 15 is 0 Å². The van der Waals surface area contributed by atoms with Crippen LogP contribution in [0.1, 0.15) is 48.1 Å². The molecule has 3 aromatic rings. The van der Waals surface area contributed by atoms with Gasteiger partial charge >= 0.3 is 5.97 Å². The maximum absolute atomic E-state index is 13.1. The summed E-state index contributed by atoms with van der Waals surface area (Å²) in [7, 11) is 1.80. The summed E-state index contributed by atoms with van der Waals surface area (Å²) >= 11 is 0. The Morgan fingerprint density at radius 3 is 2.22 bits per heavy atom. The molecule has 0 bridgehead atoms. The number of ether oxygens (including phenoxy) is 1. The van der Waals surface area contributed by atoms with Crippen LogP contribution in [0.4, 0.5) is 8.78 Å². The number of aliphatic carboxylic acids is 1. The Hall–Kier alpha value is -2.15. The maximum Gasteiger partial charge on any atom is 0.317 e. The van der Waals surface area contributed by atoms with Crippen molar-refractivity contribution in [2.24, 2.45) is 0 Å². The molecule has 0 fully saturated rings. The van der Waals surface area contributed by atoms with Gasteiger partial charge in [-0.25, -0.2) is 8.78 Å². The predicted molar refractivity (Wildman–Crippen MR) is 140 cm³/mol. The summed E-state index contributed by atoms with van der Waals surface area (Å²) in [6.45, 7) is 1.66. The van der Waals surface area contributed by atoms with E-state index in [1.165, 1.54) is 0 Å². The number of hydrogen-bond donors (Lipinski definition) is 1. The van der Waals surface area contributed by atoms with Crippen molar-refractivity contribution >= 4 is 5.97 Å². The standard InChI is InChI=1S/C18H21NO3.C11H12F2.CH3.Y/c1-19(14-18(20)21)13-12-17(15-8-4-2-5-9-15)22-16-10-6-3-7-11-16;1-11(12,13)10-7-3-5-8-4-2-6-9(8)10;;/h2-11,17H,12-14H2,1H3,(H,20,21);3,5,7H,2,4,6H2,1H3;1H3;/q;;-1;. The van der Waals surface area contributed by atoms with Gasteiger partial charge in [-0.1, -0.05) is 66.7 Å². The molecule has 0 spiro atoms. The first-order valence-corrected chi connectivity index (χ1v) is 11.9. The SMILES string of the molecule is CC(F)(F)c1cccc2c1CCC2.CN(CCC(Oc1ccccc1)c1ccccc1)CC(=O)O.[CH3-].[Y]. The van der Waals surface area contributed by atoms with Crippen molar-refractivity contribution in [2.75, 3.05) is 20.1 Å². The van der Waals surface area contributed by atoms with Gasteiger partial charge in [0.15, 0.2) is 0 Å². The van der Waals surface area contributed by atoms with E-state index in [1.807, 2.05) is 66.7 Å². The average Bonchev–Trinajstić information content (AvgIpc) is 3.31. The van der Waals surface area contributed by atoms with Gasteiger partial charge < -0.3 is 17.3 Å². The third kappa shape index (κ3) is 10.6. The quantitative estimate of drug-likeness (QED) is 0.276. The van der Waals surface area contributed by atoms with Crippen LogP contribution >= 0.6 is 0 Å². The van der Waals surface area contributed by atoms with E-state index in [4.69, 9.17) is 9.84 Å². The molecule has 4 nitrogen and oxygen atoms in total. The second kappa shape index (κ2) is 16.0. The van der Waals surface area contributed by atoms with Gasteiger partial charge in [0.1, 0.15) is 11.9 Å². The number of carboxylic acids is 1. The third-order valence-corrected chi connectivity index (χ3v) is 5.99. The number of benzene rings is 3. The molecule has 0 heterocycles. The zero-order chi connectivity index (χ0) is 25.3. The zero-order valence-corrected chi connectivity index (χ0v) is 24.7. The molecule has 0 saturated carbocycles. The first-order valence-electron chi connectivity index (χ1n) is 11.9. The van der Waals surface area contributed by atoms with E-state index < -0.39 is 11.9 Å². The number of nitrogens with zero attached hydrogens (tertiary/aromatic N) is 1. The minimum Gasteiger partial charge on any atom is -0.486 e. The van der Waals surface area contributed by atoms with Gasteiger partial charge in [-0.3, -0.25) is 9.69 Å². The molecule has 0 saturated heterocycles. The van der Waals surface area contributed by atoms with Crippen LogP contribution in [0.2, 0.25) is 0 Å². The minimum atomic E-state index is -2.68. The van der Waals surface area contributed by atoms with Crippen LogP contribution in [0.3, 0.4) is 0 Å². The summed E-state index contributed by atoms with van der Waals surface area (Å²) in [5.74, 6) is -2.68. The molecule has 7 heteroatoms. The largest absolute Gasteiger partial charge is 0.486 e. The van der Waals surface area contributed by atoms with E-state index in [0.717, 1.165) is 55.0 Å². The van der Waals surface area contributed by atoms with Gasteiger partial charge in [0.2, 0.25) is 0 Å². The number of rotatable bonds is 9. The van der Waals surface area contributed by atoms with E-state index in [9.17, 15) is 13.6 Å². The smallest absolute Gasteiger partial charge is 0.317 e. The zero-order valence-electron chi connectivity index (χ0n) is 21.9. The summed E-state index contributed by atoms with van der Waals surface area (Å²) in [5.41, 5.74) is 3.31. The predicted octanol–water partition coefficient (Wildman–Crippen LogP) is 6.95. The van der Waals surface area contributed by atoms with Gasteiger partial charge in [0, 0.05) is 58.2 Å². The minimum absolute atomic E-state index is 0. The summed E-state index contributed by atoms with van der Waals surface area (Å²) in [4.78, 5) is 12.5. The van der Waals surface area contributed by atoms with E-state index in [-0.39, 0.29) is 58.3 Å². The van der Waals surface area contributed by atoms with Crippen molar-refractivity contribution in [3.05, 3.63) is 109 Å².